The highest BCUT2D eigenvalue weighted by Crippen LogP contribution is 2.35. The van der Waals surface area contributed by atoms with Crippen LogP contribution in [0.4, 0.5) is 11.4 Å². The van der Waals surface area contributed by atoms with Crippen molar-refractivity contribution in [2.75, 3.05) is 10.2 Å². The van der Waals surface area contributed by atoms with E-state index in [0.29, 0.717) is 21.6 Å². The van der Waals surface area contributed by atoms with Crippen molar-refractivity contribution in [1.82, 2.24) is 9.55 Å². The lowest BCUT2D eigenvalue weighted by molar-refractivity contribution is -0.120. The number of carbonyl (C=O) groups is 2. The highest BCUT2D eigenvalue weighted by Gasteiger charge is 2.30. The number of amides is 2. The van der Waals surface area contributed by atoms with Crippen LogP contribution in [0.5, 0.6) is 0 Å². The average Bonchev–Trinajstić information content (AvgIpc) is 3.07. The third-order valence-electron chi connectivity index (χ3n) is 5.89. The van der Waals surface area contributed by atoms with Gasteiger partial charge in [0.15, 0.2) is 0 Å². The molecule has 33 heavy (non-hydrogen) atoms. The van der Waals surface area contributed by atoms with E-state index in [4.69, 9.17) is 0 Å². The van der Waals surface area contributed by atoms with Crippen LogP contribution in [-0.4, -0.2) is 27.4 Å². The van der Waals surface area contributed by atoms with Gasteiger partial charge in [-0.1, -0.05) is 42.5 Å². The highest BCUT2D eigenvalue weighted by atomic mass is 32.1. The molecule has 2 amide bonds. The molecule has 2 aromatic heterocycles. The van der Waals surface area contributed by atoms with Crippen LogP contribution in [-0.2, 0) is 16.1 Å². The molecule has 0 bridgehead atoms. The number of para-hydroxylation sites is 2. The standard InChI is InChI=1S/C25H22N4O3S/c1-15-12-20(30)27-18-10-6-7-11-19(18)29(15)21(31)13-28-14-26-24-22(25(28)32)16(2)23(33-24)17-8-4-3-5-9-17/h3-11,14-15H,12-13H2,1-2H3,(H,27,30)/t15-/m0/s1. The molecule has 1 aliphatic heterocycles. The normalized spacial score (nSPS) is 15.8. The molecule has 0 unspecified atom stereocenters. The second-order valence-electron chi connectivity index (χ2n) is 8.16. The molecule has 4 aromatic rings. The Hall–Kier alpha value is -3.78. The van der Waals surface area contributed by atoms with Gasteiger partial charge in [-0.05, 0) is 37.1 Å². The van der Waals surface area contributed by atoms with Crippen LogP contribution in [0, 0.1) is 6.92 Å². The van der Waals surface area contributed by atoms with Gasteiger partial charge in [0.2, 0.25) is 11.8 Å². The highest BCUT2D eigenvalue weighted by molar-refractivity contribution is 7.22. The summed E-state index contributed by atoms with van der Waals surface area (Å²) >= 11 is 1.48. The minimum Gasteiger partial charge on any atom is -0.324 e. The molecule has 0 aliphatic carbocycles. The third-order valence-corrected chi connectivity index (χ3v) is 7.14. The van der Waals surface area contributed by atoms with Crippen molar-refractivity contribution in [3.8, 4) is 10.4 Å². The lowest BCUT2D eigenvalue weighted by Crippen LogP contribution is -2.42. The van der Waals surface area contributed by atoms with Gasteiger partial charge < -0.3 is 10.2 Å². The number of hydrogen-bond donors (Lipinski definition) is 1. The zero-order valence-corrected chi connectivity index (χ0v) is 19.1. The Kier molecular flexibility index (Phi) is 5.30. The first kappa shape index (κ1) is 21.1. The van der Waals surface area contributed by atoms with E-state index in [9.17, 15) is 14.4 Å². The number of rotatable bonds is 3. The summed E-state index contributed by atoms with van der Waals surface area (Å²) in [6.45, 7) is 3.59. The van der Waals surface area contributed by atoms with Gasteiger partial charge in [-0.25, -0.2) is 4.98 Å². The predicted molar refractivity (Wildman–Crippen MR) is 131 cm³/mol. The number of aryl methyl sites for hydroxylation is 1. The third kappa shape index (κ3) is 3.72. The fourth-order valence-electron chi connectivity index (χ4n) is 4.33. The minimum absolute atomic E-state index is 0.146. The molecule has 7 nitrogen and oxygen atoms in total. The molecule has 8 heteroatoms. The van der Waals surface area contributed by atoms with E-state index in [2.05, 4.69) is 10.3 Å². The van der Waals surface area contributed by atoms with Crippen molar-refractivity contribution in [2.45, 2.75) is 32.9 Å². The molecular weight excluding hydrogens is 436 g/mol. The van der Waals surface area contributed by atoms with Gasteiger partial charge in [-0.3, -0.25) is 19.0 Å². The number of carbonyl (C=O) groups excluding carboxylic acids is 2. The summed E-state index contributed by atoms with van der Waals surface area (Å²) in [5, 5.41) is 3.39. The monoisotopic (exact) mass is 458 g/mol. The summed E-state index contributed by atoms with van der Waals surface area (Å²) in [4.78, 5) is 46.7. The summed E-state index contributed by atoms with van der Waals surface area (Å²) in [5.41, 5.74) is 2.87. The van der Waals surface area contributed by atoms with Crippen LogP contribution >= 0.6 is 11.3 Å². The lowest BCUT2D eigenvalue weighted by Gasteiger charge is -2.28. The van der Waals surface area contributed by atoms with Crippen molar-refractivity contribution in [3.63, 3.8) is 0 Å². The van der Waals surface area contributed by atoms with Gasteiger partial charge in [0, 0.05) is 17.3 Å². The Morgan fingerprint density at radius 3 is 2.64 bits per heavy atom. The molecular formula is C25H22N4O3S. The zero-order chi connectivity index (χ0) is 23.1. The molecule has 1 aliphatic rings. The van der Waals surface area contributed by atoms with E-state index < -0.39 is 0 Å². The second kappa shape index (κ2) is 8.29. The van der Waals surface area contributed by atoms with Crippen LogP contribution in [0.2, 0.25) is 0 Å². The van der Waals surface area contributed by atoms with Crippen molar-refractivity contribution in [2.24, 2.45) is 0 Å². The number of benzene rings is 2. The van der Waals surface area contributed by atoms with Gasteiger partial charge in [0.25, 0.3) is 5.56 Å². The van der Waals surface area contributed by atoms with Crippen molar-refractivity contribution in [1.29, 1.82) is 0 Å². The molecule has 0 saturated heterocycles. The second-order valence-corrected chi connectivity index (χ2v) is 9.16. The molecule has 0 fully saturated rings. The molecule has 0 spiro atoms. The molecule has 1 N–H and O–H groups in total. The first-order valence-corrected chi connectivity index (χ1v) is 11.5. The van der Waals surface area contributed by atoms with Crippen LogP contribution in [0.3, 0.4) is 0 Å². The van der Waals surface area contributed by atoms with Crippen LogP contribution in [0.15, 0.2) is 65.7 Å². The number of thiophene rings is 1. The SMILES string of the molecule is Cc1c(-c2ccccc2)sc2ncn(CC(=O)N3c4ccccc4NC(=O)C[C@@H]3C)c(=O)c12. The minimum atomic E-state index is -0.346. The van der Waals surface area contributed by atoms with E-state index in [-0.39, 0.29) is 36.4 Å². The predicted octanol–water partition coefficient (Wildman–Crippen LogP) is 4.20. The van der Waals surface area contributed by atoms with Crippen LogP contribution in [0.1, 0.15) is 18.9 Å². The Labute approximate surface area is 194 Å². The summed E-state index contributed by atoms with van der Waals surface area (Å²) in [6, 6.07) is 16.7. The largest absolute Gasteiger partial charge is 0.324 e. The summed E-state index contributed by atoms with van der Waals surface area (Å²) < 4.78 is 1.36. The average molecular weight is 459 g/mol. The van der Waals surface area contributed by atoms with Gasteiger partial charge >= 0.3 is 0 Å². The molecule has 0 radical (unpaired) electrons. The van der Waals surface area contributed by atoms with Crippen molar-refractivity contribution in [3.05, 3.63) is 76.8 Å². The Morgan fingerprint density at radius 2 is 1.85 bits per heavy atom. The van der Waals surface area contributed by atoms with Gasteiger partial charge in [0.05, 0.1) is 23.1 Å². The quantitative estimate of drug-likeness (QED) is 0.499. The fraction of sp³-hybridized carbons (Fsp3) is 0.200. The fourth-order valence-corrected chi connectivity index (χ4v) is 5.47. The Morgan fingerprint density at radius 1 is 1.12 bits per heavy atom. The number of nitrogens with one attached hydrogen (secondary N) is 1. The van der Waals surface area contributed by atoms with Gasteiger partial charge in [0.1, 0.15) is 11.4 Å². The molecule has 5 rings (SSSR count). The molecule has 0 saturated carbocycles. The molecule has 3 heterocycles. The summed E-state index contributed by atoms with van der Waals surface area (Å²) in [6.07, 6.45) is 1.61. The number of anilines is 2. The smallest absolute Gasteiger partial charge is 0.262 e. The maximum atomic E-state index is 13.4. The number of nitrogens with zero attached hydrogens (tertiary/aromatic N) is 3. The molecule has 1 atom stereocenters. The number of aromatic nitrogens is 2. The van der Waals surface area contributed by atoms with E-state index in [1.54, 1.807) is 17.0 Å². The van der Waals surface area contributed by atoms with Crippen LogP contribution in [0.25, 0.3) is 20.7 Å². The number of fused-ring (bicyclic) bond motifs is 2. The summed E-state index contributed by atoms with van der Waals surface area (Å²) in [5.74, 6) is -0.418. The van der Waals surface area contributed by atoms with E-state index in [1.807, 2.05) is 56.3 Å². The topological polar surface area (TPSA) is 84.3 Å². The maximum Gasteiger partial charge on any atom is 0.262 e. The summed E-state index contributed by atoms with van der Waals surface area (Å²) in [7, 11) is 0. The lowest BCUT2D eigenvalue weighted by atomic mass is 10.1. The van der Waals surface area contributed by atoms with Crippen molar-refractivity contribution >= 4 is 44.7 Å². The Bertz CT molecular complexity index is 1440. The Balaban J connectivity index is 1.53. The zero-order valence-electron chi connectivity index (χ0n) is 18.2. The first-order valence-electron chi connectivity index (χ1n) is 10.7. The number of hydrogen-bond acceptors (Lipinski definition) is 5. The van der Waals surface area contributed by atoms with E-state index >= 15 is 0 Å². The van der Waals surface area contributed by atoms with Gasteiger partial charge in [-0.2, -0.15) is 0 Å². The van der Waals surface area contributed by atoms with E-state index in [0.717, 1.165) is 16.0 Å². The molecule has 2 aromatic carbocycles. The maximum absolute atomic E-state index is 13.4. The van der Waals surface area contributed by atoms with Crippen LogP contribution < -0.4 is 15.8 Å². The first-order chi connectivity index (χ1) is 15.9. The molecule has 166 valence electrons. The van der Waals surface area contributed by atoms with E-state index in [1.165, 1.54) is 22.2 Å². The van der Waals surface area contributed by atoms with Gasteiger partial charge in [-0.15, -0.1) is 11.3 Å². The van der Waals surface area contributed by atoms with Crippen molar-refractivity contribution < 1.29 is 9.59 Å².